The Morgan fingerprint density at radius 1 is 0.935 bits per heavy atom. The number of ether oxygens (including phenoxy) is 3. The molecular weight excluding hydrogens is 394 g/mol. The summed E-state index contributed by atoms with van der Waals surface area (Å²) in [6, 6.07) is 20.9. The summed E-state index contributed by atoms with van der Waals surface area (Å²) in [7, 11) is 0. The molecule has 3 aromatic rings. The Bertz CT molecular complexity index is 956. The van der Waals surface area contributed by atoms with E-state index in [0.29, 0.717) is 31.3 Å². The number of pyridine rings is 1. The van der Waals surface area contributed by atoms with E-state index < -0.39 is 0 Å². The van der Waals surface area contributed by atoms with Gasteiger partial charge in [-0.15, -0.1) is 0 Å². The number of carbonyl (C=O) groups is 1. The molecule has 1 aromatic heterocycles. The van der Waals surface area contributed by atoms with Crippen LogP contribution in [-0.2, 0) is 16.1 Å². The van der Waals surface area contributed by atoms with Gasteiger partial charge in [-0.05, 0) is 42.0 Å². The highest BCUT2D eigenvalue weighted by Crippen LogP contribution is 2.19. The number of amides is 1. The normalized spacial score (nSPS) is 13.5. The highest BCUT2D eigenvalue weighted by Gasteiger charge is 2.12. The average Bonchev–Trinajstić information content (AvgIpc) is 2.84. The Labute approximate surface area is 181 Å². The maximum absolute atomic E-state index is 12.2. The molecule has 1 fully saturated rings. The minimum Gasteiger partial charge on any atom is -0.489 e. The van der Waals surface area contributed by atoms with Crippen molar-refractivity contribution in [2.45, 2.75) is 6.61 Å². The summed E-state index contributed by atoms with van der Waals surface area (Å²) >= 11 is 0. The molecular formula is C24H25N3O4. The lowest BCUT2D eigenvalue weighted by Gasteiger charge is -2.27. The third-order valence-electron chi connectivity index (χ3n) is 4.81. The first-order valence-electron chi connectivity index (χ1n) is 10.2. The molecule has 1 saturated heterocycles. The van der Waals surface area contributed by atoms with E-state index in [1.54, 1.807) is 18.3 Å². The van der Waals surface area contributed by atoms with Crippen LogP contribution in [0.3, 0.4) is 0 Å². The number of carbonyl (C=O) groups excluding carboxylic acids is 1. The summed E-state index contributed by atoms with van der Waals surface area (Å²) in [6.07, 6.45) is 1.65. The van der Waals surface area contributed by atoms with Crippen LogP contribution < -0.4 is 19.7 Å². The van der Waals surface area contributed by atoms with Crippen LogP contribution in [0.2, 0.25) is 0 Å². The van der Waals surface area contributed by atoms with Crippen LogP contribution in [0.25, 0.3) is 0 Å². The number of benzene rings is 2. The number of hydrogen-bond acceptors (Lipinski definition) is 6. The van der Waals surface area contributed by atoms with E-state index in [1.165, 1.54) is 0 Å². The maximum Gasteiger partial charge on any atom is 0.262 e. The van der Waals surface area contributed by atoms with E-state index in [1.807, 2.05) is 54.6 Å². The van der Waals surface area contributed by atoms with Crippen molar-refractivity contribution in [3.63, 3.8) is 0 Å². The Morgan fingerprint density at radius 2 is 1.65 bits per heavy atom. The number of morpholine rings is 1. The number of anilines is 2. The van der Waals surface area contributed by atoms with Gasteiger partial charge in [0.15, 0.2) is 6.61 Å². The average molecular weight is 419 g/mol. The predicted octanol–water partition coefficient (Wildman–Crippen LogP) is 3.51. The van der Waals surface area contributed by atoms with Gasteiger partial charge in [-0.25, -0.2) is 4.98 Å². The summed E-state index contributed by atoms with van der Waals surface area (Å²) in [4.78, 5) is 18.8. The van der Waals surface area contributed by atoms with Crippen molar-refractivity contribution in [2.24, 2.45) is 0 Å². The number of hydrogen-bond donors (Lipinski definition) is 1. The molecule has 0 atom stereocenters. The minimum absolute atomic E-state index is 0.0879. The fourth-order valence-electron chi connectivity index (χ4n) is 3.16. The molecule has 1 aliphatic heterocycles. The van der Waals surface area contributed by atoms with Gasteiger partial charge in [0, 0.05) is 13.1 Å². The molecule has 31 heavy (non-hydrogen) atoms. The Hall–Kier alpha value is -3.58. The van der Waals surface area contributed by atoms with Crippen molar-refractivity contribution < 1.29 is 19.0 Å². The lowest BCUT2D eigenvalue weighted by Crippen LogP contribution is -2.36. The molecule has 7 nitrogen and oxygen atoms in total. The van der Waals surface area contributed by atoms with Crippen LogP contribution >= 0.6 is 0 Å². The zero-order valence-corrected chi connectivity index (χ0v) is 17.2. The minimum atomic E-state index is -0.245. The van der Waals surface area contributed by atoms with Crippen molar-refractivity contribution in [2.75, 3.05) is 43.1 Å². The molecule has 0 saturated carbocycles. The van der Waals surface area contributed by atoms with Gasteiger partial charge >= 0.3 is 0 Å². The lowest BCUT2D eigenvalue weighted by molar-refractivity contribution is -0.118. The summed E-state index contributed by atoms with van der Waals surface area (Å²) in [6.45, 7) is 3.47. The van der Waals surface area contributed by atoms with Gasteiger partial charge in [-0.3, -0.25) is 4.79 Å². The fraction of sp³-hybridized carbons (Fsp3) is 0.250. The van der Waals surface area contributed by atoms with Gasteiger partial charge in [0.25, 0.3) is 5.91 Å². The molecule has 7 heteroatoms. The van der Waals surface area contributed by atoms with Gasteiger partial charge in [0.1, 0.15) is 23.9 Å². The van der Waals surface area contributed by atoms with Crippen LogP contribution in [-0.4, -0.2) is 43.8 Å². The molecule has 0 aliphatic carbocycles. The SMILES string of the molecule is O=C(COc1ccc(OCc2ccccc2)cc1)Nc1ccc(N2CCOCC2)nc1. The van der Waals surface area contributed by atoms with Crippen LogP contribution in [0.4, 0.5) is 11.5 Å². The topological polar surface area (TPSA) is 72.9 Å². The molecule has 2 heterocycles. The maximum atomic E-state index is 12.2. The van der Waals surface area contributed by atoms with Crippen molar-refractivity contribution >= 4 is 17.4 Å². The monoisotopic (exact) mass is 419 g/mol. The zero-order chi connectivity index (χ0) is 21.3. The number of rotatable bonds is 8. The molecule has 0 bridgehead atoms. The summed E-state index contributed by atoms with van der Waals surface area (Å²) < 4.78 is 16.7. The quantitative estimate of drug-likeness (QED) is 0.602. The second-order valence-corrected chi connectivity index (χ2v) is 7.09. The van der Waals surface area contributed by atoms with Crippen molar-refractivity contribution in [1.29, 1.82) is 0 Å². The van der Waals surface area contributed by atoms with E-state index in [-0.39, 0.29) is 12.5 Å². The highest BCUT2D eigenvalue weighted by molar-refractivity contribution is 5.91. The van der Waals surface area contributed by atoms with E-state index >= 15 is 0 Å². The standard InChI is InChI=1S/C24H25N3O4/c28-24(26-20-6-11-23(25-16-20)27-12-14-29-15-13-27)18-31-22-9-7-21(8-10-22)30-17-19-4-2-1-3-5-19/h1-11,16H,12-15,17-18H2,(H,26,28). The van der Waals surface area contributed by atoms with Gasteiger partial charge < -0.3 is 24.4 Å². The molecule has 1 amide bonds. The third-order valence-corrected chi connectivity index (χ3v) is 4.81. The van der Waals surface area contributed by atoms with Crippen LogP contribution in [0, 0.1) is 0 Å². The largest absolute Gasteiger partial charge is 0.489 e. The second kappa shape index (κ2) is 10.4. The molecule has 0 radical (unpaired) electrons. The first-order chi connectivity index (χ1) is 15.3. The van der Waals surface area contributed by atoms with Crippen molar-refractivity contribution in [1.82, 2.24) is 4.98 Å². The summed E-state index contributed by atoms with van der Waals surface area (Å²) in [5.74, 6) is 1.98. The molecule has 0 spiro atoms. The highest BCUT2D eigenvalue weighted by atomic mass is 16.5. The third kappa shape index (κ3) is 6.20. The second-order valence-electron chi connectivity index (χ2n) is 7.09. The Morgan fingerprint density at radius 3 is 2.32 bits per heavy atom. The summed E-state index contributed by atoms with van der Waals surface area (Å²) in [5, 5.41) is 2.80. The van der Waals surface area contributed by atoms with Crippen LogP contribution in [0.1, 0.15) is 5.56 Å². The van der Waals surface area contributed by atoms with E-state index in [4.69, 9.17) is 14.2 Å². The number of aromatic nitrogens is 1. The van der Waals surface area contributed by atoms with E-state index in [0.717, 1.165) is 30.2 Å². The molecule has 4 rings (SSSR count). The lowest BCUT2D eigenvalue weighted by atomic mass is 10.2. The fourth-order valence-corrected chi connectivity index (χ4v) is 3.16. The van der Waals surface area contributed by atoms with Crippen molar-refractivity contribution in [3.8, 4) is 11.5 Å². The van der Waals surface area contributed by atoms with Gasteiger partial charge in [0.2, 0.25) is 0 Å². The first kappa shape index (κ1) is 20.7. The first-order valence-corrected chi connectivity index (χ1v) is 10.2. The predicted molar refractivity (Wildman–Crippen MR) is 119 cm³/mol. The molecule has 160 valence electrons. The Balaban J connectivity index is 1.21. The molecule has 1 aliphatic rings. The number of nitrogens with zero attached hydrogens (tertiary/aromatic N) is 2. The van der Waals surface area contributed by atoms with Crippen molar-refractivity contribution in [3.05, 3.63) is 78.5 Å². The van der Waals surface area contributed by atoms with Gasteiger partial charge in [-0.2, -0.15) is 0 Å². The van der Waals surface area contributed by atoms with Crippen LogP contribution in [0.15, 0.2) is 72.9 Å². The zero-order valence-electron chi connectivity index (χ0n) is 17.2. The Kier molecular flexibility index (Phi) is 6.97. The van der Waals surface area contributed by atoms with E-state index in [9.17, 15) is 4.79 Å². The van der Waals surface area contributed by atoms with E-state index in [2.05, 4.69) is 15.2 Å². The van der Waals surface area contributed by atoms with Crippen LogP contribution in [0.5, 0.6) is 11.5 Å². The van der Waals surface area contributed by atoms with Gasteiger partial charge in [0.05, 0.1) is 25.1 Å². The molecule has 2 aromatic carbocycles. The molecule has 1 N–H and O–H groups in total. The number of nitrogens with one attached hydrogen (secondary N) is 1. The smallest absolute Gasteiger partial charge is 0.262 e. The summed E-state index contributed by atoms with van der Waals surface area (Å²) in [5.41, 5.74) is 1.74. The van der Waals surface area contributed by atoms with Gasteiger partial charge in [-0.1, -0.05) is 30.3 Å². The molecule has 0 unspecified atom stereocenters.